The number of nitrogens with one attached hydrogen (secondary N) is 1. The topological polar surface area (TPSA) is 61.8 Å². The molecule has 25 heavy (non-hydrogen) atoms. The van der Waals surface area contributed by atoms with Gasteiger partial charge in [0.05, 0.1) is 11.8 Å². The number of aliphatic hydroxyl groups is 1. The first-order chi connectivity index (χ1) is 12.0. The molecule has 0 radical (unpaired) electrons. The summed E-state index contributed by atoms with van der Waals surface area (Å²) in [5, 5.41) is 12.2. The van der Waals surface area contributed by atoms with Gasteiger partial charge >= 0.3 is 6.03 Å². The maximum atomic E-state index is 12.3. The third kappa shape index (κ3) is 6.12. The fourth-order valence-corrected chi connectivity index (χ4v) is 2.28. The molecule has 0 aliphatic rings. The van der Waals surface area contributed by atoms with Crippen molar-refractivity contribution < 1.29 is 14.6 Å². The fourth-order valence-electron chi connectivity index (χ4n) is 2.28. The molecular formula is C20H26N2O3. The number of aliphatic hydroxyl groups excluding tert-OH is 1. The quantitative estimate of drug-likeness (QED) is 0.804. The summed E-state index contributed by atoms with van der Waals surface area (Å²) in [6, 6.07) is 15.4. The Bertz CT molecular complexity index is 687. The van der Waals surface area contributed by atoms with E-state index in [2.05, 4.69) is 5.32 Å². The highest BCUT2D eigenvalue weighted by molar-refractivity contribution is 5.90. The minimum Gasteiger partial charge on any atom is -0.487 e. The lowest BCUT2D eigenvalue weighted by atomic mass is 10.2. The number of aryl methyl sites for hydroxylation is 1. The van der Waals surface area contributed by atoms with Crippen LogP contribution in [0.15, 0.2) is 48.5 Å². The molecule has 0 aliphatic heterocycles. The van der Waals surface area contributed by atoms with Gasteiger partial charge in [-0.25, -0.2) is 4.79 Å². The summed E-state index contributed by atoms with van der Waals surface area (Å²) in [5.74, 6) is 0.640. The highest BCUT2D eigenvalue weighted by Crippen LogP contribution is 2.27. The van der Waals surface area contributed by atoms with E-state index >= 15 is 0 Å². The van der Waals surface area contributed by atoms with E-state index in [1.807, 2.05) is 55.5 Å². The van der Waals surface area contributed by atoms with E-state index in [9.17, 15) is 9.90 Å². The Morgan fingerprint density at radius 1 is 1.24 bits per heavy atom. The number of urea groups is 1. The Labute approximate surface area is 149 Å². The number of hydrogen-bond acceptors (Lipinski definition) is 3. The molecule has 1 atom stereocenters. The van der Waals surface area contributed by atoms with Gasteiger partial charge in [-0.3, -0.25) is 0 Å². The molecule has 0 aliphatic carbocycles. The first kappa shape index (κ1) is 18.8. The molecule has 2 amide bonds. The van der Waals surface area contributed by atoms with Crippen molar-refractivity contribution in [1.82, 2.24) is 4.90 Å². The molecule has 0 spiro atoms. The maximum Gasteiger partial charge on any atom is 0.321 e. The van der Waals surface area contributed by atoms with Gasteiger partial charge in [0.2, 0.25) is 0 Å². The Kier molecular flexibility index (Phi) is 6.83. The molecule has 5 heteroatoms. The lowest BCUT2D eigenvalue weighted by Gasteiger charge is -2.20. The van der Waals surface area contributed by atoms with Crippen molar-refractivity contribution in [2.75, 3.05) is 18.9 Å². The largest absolute Gasteiger partial charge is 0.487 e. The van der Waals surface area contributed by atoms with E-state index < -0.39 is 6.10 Å². The van der Waals surface area contributed by atoms with Gasteiger partial charge in [-0.2, -0.15) is 0 Å². The zero-order valence-electron chi connectivity index (χ0n) is 15.0. The van der Waals surface area contributed by atoms with Crippen LogP contribution in [0, 0.1) is 6.92 Å². The standard InChI is InChI=1S/C20H26N2O3/c1-15-9-10-18(21-20(24)22(3)12-11-16(2)23)19(13-15)25-14-17-7-5-4-6-8-17/h4-10,13,16,23H,11-12,14H2,1-3H3,(H,21,24). The number of hydrogen-bond donors (Lipinski definition) is 2. The summed E-state index contributed by atoms with van der Waals surface area (Å²) in [7, 11) is 1.70. The first-order valence-corrected chi connectivity index (χ1v) is 8.43. The van der Waals surface area contributed by atoms with Gasteiger partial charge in [0.15, 0.2) is 0 Å². The monoisotopic (exact) mass is 342 g/mol. The van der Waals surface area contributed by atoms with Crippen LogP contribution in [0.1, 0.15) is 24.5 Å². The van der Waals surface area contributed by atoms with Crippen LogP contribution in [0.25, 0.3) is 0 Å². The number of anilines is 1. The molecule has 0 fully saturated rings. The van der Waals surface area contributed by atoms with Gasteiger partial charge in [-0.15, -0.1) is 0 Å². The van der Waals surface area contributed by atoms with E-state index in [0.29, 0.717) is 31.0 Å². The van der Waals surface area contributed by atoms with Crippen LogP contribution in [0.2, 0.25) is 0 Å². The average Bonchev–Trinajstić information content (AvgIpc) is 2.60. The van der Waals surface area contributed by atoms with E-state index in [1.54, 1.807) is 18.9 Å². The SMILES string of the molecule is Cc1ccc(NC(=O)N(C)CCC(C)O)c(OCc2ccccc2)c1. The molecule has 2 aromatic rings. The summed E-state index contributed by atoms with van der Waals surface area (Å²) < 4.78 is 5.91. The van der Waals surface area contributed by atoms with Crippen LogP contribution < -0.4 is 10.1 Å². The summed E-state index contributed by atoms with van der Waals surface area (Å²) in [6.45, 7) is 4.61. The third-order valence-electron chi connectivity index (χ3n) is 3.84. The number of benzene rings is 2. The van der Waals surface area contributed by atoms with E-state index in [0.717, 1.165) is 11.1 Å². The molecule has 1 unspecified atom stereocenters. The lowest BCUT2D eigenvalue weighted by molar-refractivity contribution is 0.167. The summed E-state index contributed by atoms with van der Waals surface area (Å²) >= 11 is 0. The van der Waals surface area contributed by atoms with Crippen molar-refractivity contribution in [1.29, 1.82) is 0 Å². The molecule has 0 saturated carbocycles. The number of rotatable bonds is 7. The zero-order chi connectivity index (χ0) is 18.2. The second-order valence-corrected chi connectivity index (χ2v) is 6.26. The van der Waals surface area contributed by atoms with Crippen LogP contribution >= 0.6 is 0 Å². The Morgan fingerprint density at radius 3 is 2.64 bits per heavy atom. The highest BCUT2D eigenvalue weighted by Gasteiger charge is 2.13. The molecular weight excluding hydrogens is 316 g/mol. The summed E-state index contributed by atoms with van der Waals surface area (Å²) in [4.78, 5) is 13.9. The lowest BCUT2D eigenvalue weighted by Crippen LogP contribution is -2.33. The molecule has 2 rings (SSSR count). The second-order valence-electron chi connectivity index (χ2n) is 6.26. The molecule has 5 nitrogen and oxygen atoms in total. The molecule has 0 heterocycles. The number of amides is 2. The van der Waals surface area contributed by atoms with Crippen molar-refractivity contribution in [3.05, 3.63) is 59.7 Å². The normalized spacial score (nSPS) is 11.7. The number of nitrogens with zero attached hydrogens (tertiary/aromatic N) is 1. The predicted molar refractivity (Wildman–Crippen MR) is 99.9 cm³/mol. The van der Waals surface area contributed by atoms with Crippen molar-refractivity contribution in [3.8, 4) is 5.75 Å². The van der Waals surface area contributed by atoms with E-state index in [4.69, 9.17) is 4.74 Å². The maximum absolute atomic E-state index is 12.3. The predicted octanol–water partition coefficient (Wildman–Crippen LogP) is 3.81. The summed E-state index contributed by atoms with van der Waals surface area (Å²) in [6.07, 6.45) is 0.106. The first-order valence-electron chi connectivity index (χ1n) is 8.43. The zero-order valence-corrected chi connectivity index (χ0v) is 15.0. The molecule has 2 N–H and O–H groups in total. The van der Waals surface area contributed by atoms with Crippen LogP contribution in [-0.4, -0.2) is 35.7 Å². The summed E-state index contributed by atoms with van der Waals surface area (Å²) in [5.41, 5.74) is 2.76. The third-order valence-corrected chi connectivity index (χ3v) is 3.84. The average molecular weight is 342 g/mol. The van der Waals surface area contributed by atoms with Crippen LogP contribution in [0.4, 0.5) is 10.5 Å². The molecule has 0 bridgehead atoms. The molecule has 0 aromatic heterocycles. The van der Waals surface area contributed by atoms with Gasteiger partial charge in [0.1, 0.15) is 12.4 Å². The minimum absolute atomic E-state index is 0.228. The molecule has 134 valence electrons. The number of ether oxygens (including phenoxy) is 1. The van der Waals surface area contributed by atoms with Gasteiger partial charge in [0, 0.05) is 13.6 Å². The Hall–Kier alpha value is -2.53. The highest BCUT2D eigenvalue weighted by atomic mass is 16.5. The van der Waals surface area contributed by atoms with Crippen molar-refractivity contribution in [2.24, 2.45) is 0 Å². The van der Waals surface area contributed by atoms with E-state index in [-0.39, 0.29) is 6.03 Å². The molecule has 0 saturated heterocycles. The number of carbonyl (C=O) groups is 1. The van der Waals surface area contributed by atoms with Crippen molar-refractivity contribution >= 4 is 11.7 Å². The Balaban J connectivity index is 2.03. The second kappa shape index (κ2) is 9.08. The van der Waals surface area contributed by atoms with Crippen LogP contribution in [0.3, 0.4) is 0 Å². The molecule has 2 aromatic carbocycles. The van der Waals surface area contributed by atoms with Crippen LogP contribution in [-0.2, 0) is 6.61 Å². The Morgan fingerprint density at radius 2 is 1.96 bits per heavy atom. The minimum atomic E-state index is -0.431. The van der Waals surface area contributed by atoms with Crippen molar-refractivity contribution in [3.63, 3.8) is 0 Å². The van der Waals surface area contributed by atoms with Gasteiger partial charge < -0.3 is 20.1 Å². The fraction of sp³-hybridized carbons (Fsp3) is 0.350. The van der Waals surface area contributed by atoms with Gasteiger partial charge in [-0.05, 0) is 43.5 Å². The van der Waals surface area contributed by atoms with Gasteiger partial charge in [0.25, 0.3) is 0 Å². The smallest absolute Gasteiger partial charge is 0.321 e. The van der Waals surface area contributed by atoms with Gasteiger partial charge in [-0.1, -0.05) is 36.4 Å². The van der Waals surface area contributed by atoms with Crippen LogP contribution in [0.5, 0.6) is 5.75 Å². The number of carbonyl (C=O) groups excluding carboxylic acids is 1. The van der Waals surface area contributed by atoms with Crippen molar-refractivity contribution in [2.45, 2.75) is 33.0 Å². The van der Waals surface area contributed by atoms with E-state index in [1.165, 1.54) is 0 Å².